The Balaban J connectivity index is 2.75. The highest BCUT2D eigenvalue weighted by molar-refractivity contribution is 9.10. The van der Waals surface area contributed by atoms with Crippen LogP contribution in [0.2, 0.25) is 0 Å². The molecule has 0 bridgehead atoms. The molecule has 0 aliphatic carbocycles. The first-order chi connectivity index (χ1) is 8.40. The Kier molecular flexibility index (Phi) is 4.78. The molecule has 0 aliphatic rings. The summed E-state index contributed by atoms with van der Waals surface area (Å²) >= 11 is 3.09. The normalized spacial score (nSPS) is 11.6. The molecule has 1 atom stereocenters. The highest BCUT2D eigenvalue weighted by Gasteiger charge is 2.23. The van der Waals surface area contributed by atoms with Crippen LogP contribution in [-0.4, -0.2) is 39.1 Å². The highest BCUT2D eigenvalue weighted by Crippen LogP contribution is 2.06. The van der Waals surface area contributed by atoms with Gasteiger partial charge in [0.2, 0.25) is 0 Å². The number of carboxylic acids is 2. The Labute approximate surface area is 110 Å². The molecule has 0 saturated heterocycles. The van der Waals surface area contributed by atoms with Gasteiger partial charge in [-0.25, -0.2) is 9.78 Å². The maximum absolute atomic E-state index is 11.6. The summed E-state index contributed by atoms with van der Waals surface area (Å²) in [6, 6.07) is 1.48. The zero-order valence-electron chi connectivity index (χ0n) is 8.96. The summed E-state index contributed by atoms with van der Waals surface area (Å²) in [5.41, 5.74) is 0.148. The summed E-state index contributed by atoms with van der Waals surface area (Å²) in [6.45, 7) is 0. The van der Waals surface area contributed by atoms with Crippen molar-refractivity contribution in [1.82, 2.24) is 10.3 Å². The molecule has 1 rings (SSSR count). The van der Waals surface area contributed by atoms with Gasteiger partial charge >= 0.3 is 11.9 Å². The number of carbonyl (C=O) groups is 3. The van der Waals surface area contributed by atoms with Gasteiger partial charge in [-0.3, -0.25) is 9.59 Å². The molecule has 8 heteroatoms. The van der Waals surface area contributed by atoms with Crippen molar-refractivity contribution in [2.24, 2.45) is 0 Å². The fraction of sp³-hybridized carbons (Fsp3) is 0.200. The SMILES string of the molecule is O=C(O)CC(NC(=O)c1ccc(Br)nc1)C(=O)O. The zero-order valence-corrected chi connectivity index (χ0v) is 10.5. The van der Waals surface area contributed by atoms with Crippen LogP contribution in [0, 0.1) is 0 Å². The van der Waals surface area contributed by atoms with E-state index in [1.54, 1.807) is 0 Å². The van der Waals surface area contributed by atoms with E-state index in [1.165, 1.54) is 18.3 Å². The van der Waals surface area contributed by atoms with Crippen molar-refractivity contribution in [2.45, 2.75) is 12.5 Å². The third-order valence-electron chi connectivity index (χ3n) is 1.97. The zero-order chi connectivity index (χ0) is 13.7. The van der Waals surface area contributed by atoms with E-state index in [4.69, 9.17) is 10.2 Å². The van der Waals surface area contributed by atoms with Crippen LogP contribution < -0.4 is 5.32 Å². The molecule has 0 aliphatic heterocycles. The van der Waals surface area contributed by atoms with Gasteiger partial charge in [0.15, 0.2) is 0 Å². The van der Waals surface area contributed by atoms with E-state index in [0.717, 1.165) is 0 Å². The molecule has 96 valence electrons. The number of hydrogen-bond acceptors (Lipinski definition) is 4. The minimum atomic E-state index is -1.47. The van der Waals surface area contributed by atoms with Crippen molar-refractivity contribution < 1.29 is 24.6 Å². The molecule has 0 spiro atoms. The van der Waals surface area contributed by atoms with Gasteiger partial charge in [-0.15, -0.1) is 0 Å². The van der Waals surface area contributed by atoms with Crippen molar-refractivity contribution in [2.75, 3.05) is 0 Å². The number of halogens is 1. The Bertz CT molecular complexity index is 474. The van der Waals surface area contributed by atoms with Crippen molar-refractivity contribution >= 4 is 33.8 Å². The average Bonchev–Trinajstić information content (AvgIpc) is 2.28. The Hall–Kier alpha value is -1.96. The molecule has 3 N–H and O–H groups in total. The molecule has 1 heterocycles. The smallest absolute Gasteiger partial charge is 0.326 e. The largest absolute Gasteiger partial charge is 0.481 e. The van der Waals surface area contributed by atoms with Gasteiger partial charge in [-0.05, 0) is 28.1 Å². The number of hydrogen-bond donors (Lipinski definition) is 3. The first-order valence-corrected chi connectivity index (χ1v) is 5.56. The van der Waals surface area contributed by atoms with E-state index in [-0.39, 0.29) is 5.56 Å². The minimum absolute atomic E-state index is 0.148. The van der Waals surface area contributed by atoms with E-state index in [1.807, 2.05) is 0 Å². The lowest BCUT2D eigenvalue weighted by Crippen LogP contribution is -2.42. The van der Waals surface area contributed by atoms with E-state index in [9.17, 15) is 14.4 Å². The van der Waals surface area contributed by atoms with Gasteiger partial charge in [-0.1, -0.05) is 0 Å². The first kappa shape index (κ1) is 14.1. The maximum Gasteiger partial charge on any atom is 0.326 e. The number of pyridine rings is 1. The van der Waals surface area contributed by atoms with Crippen LogP contribution in [0.15, 0.2) is 22.9 Å². The van der Waals surface area contributed by atoms with Gasteiger partial charge in [0.25, 0.3) is 5.91 Å². The van der Waals surface area contributed by atoms with E-state index < -0.39 is 30.3 Å². The Morgan fingerprint density at radius 1 is 1.33 bits per heavy atom. The van der Waals surface area contributed by atoms with Gasteiger partial charge in [0.1, 0.15) is 10.6 Å². The second kappa shape index (κ2) is 6.10. The number of carbonyl (C=O) groups excluding carboxylic acids is 1. The van der Waals surface area contributed by atoms with Gasteiger partial charge in [0, 0.05) is 6.20 Å². The fourth-order valence-corrected chi connectivity index (χ4v) is 1.36. The third-order valence-corrected chi connectivity index (χ3v) is 2.44. The molecule has 18 heavy (non-hydrogen) atoms. The summed E-state index contributed by atoms with van der Waals surface area (Å²) < 4.78 is 0.527. The number of amides is 1. The van der Waals surface area contributed by atoms with Crippen LogP contribution in [0.25, 0.3) is 0 Å². The molecular formula is C10H9BrN2O5. The van der Waals surface area contributed by atoms with Gasteiger partial charge < -0.3 is 15.5 Å². The van der Waals surface area contributed by atoms with Crippen LogP contribution in [-0.2, 0) is 9.59 Å². The number of aliphatic carboxylic acids is 2. The lowest BCUT2D eigenvalue weighted by atomic mass is 10.2. The Morgan fingerprint density at radius 2 is 2.00 bits per heavy atom. The lowest BCUT2D eigenvalue weighted by molar-refractivity contribution is -0.145. The molecule has 1 aromatic heterocycles. The average molecular weight is 317 g/mol. The second-order valence-electron chi connectivity index (χ2n) is 3.33. The molecule has 0 fully saturated rings. The van der Waals surface area contributed by atoms with Crippen LogP contribution in [0.3, 0.4) is 0 Å². The number of aromatic nitrogens is 1. The predicted octanol–water partition coefficient (Wildman–Crippen LogP) is 0.502. The van der Waals surface area contributed by atoms with E-state index in [0.29, 0.717) is 4.60 Å². The van der Waals surface area contributed by atoms with Crippen molar-refractivity contribution in [1.29, 1.82) is 0 Å². The van der Waals surface area contributed by atoms with Crippen LogP contribution >= 0.6 is 15.9 Å². The molecule has 1 amide bonds. The van der Waals surface area contributed by atoms with E-state index >= 15 is 0 Å². The summed E-state index contributed by atoms with van der Waals surface area (Å²) in [7, 11) is 0. The standard InChI is InChI=1S/C10H9BrN2O5/c11-7-2-1-5(4-12-7)9(16)13-6(10(17)18)3-8(14)15/h1-2,4,6H,3H2,(H,13,16)(H,14,15)(H,17,18). The summed E-state index contributed by atoms with van der Waals surface area (Å²) in [4.78, 5) is 36.6. The van der Waals surface area contributed by atoms with Crippen molar-refractivity contribution in [3.05, 3.63) is 28.5 Å². The molecule has 1 unspecified atom stereocenters. The summed E-state index contributed by atoms with van der Waals surface area (Å²) in [6.07, 6.45) is 0.560. The Morgan fingerprint density at radius 3 is 2.44 bits per heavy atom. The highest BCUT2D eigenvalue weighted by atomic mass is 79.9. The summed E-state index contributed by atoms with van der Waals surface area (Å²) in [5.74, 6) is -3.41. The first-order valence-electron chi connectivity index (χ1n) is 4.77. The molecule has 0 saturated carbocycles. The fourth-order valence-electron chi connectivity index (χ4n) is 1.13. The predicted molar refractivity (Wildman–Crippen MR) is 63.1 cm³/mol. The molecule has 1 aromatic rings. The monoisotopic (exact) mass is 316 g/mol. The second-order valence-corrected chi connectivity index (χ2v) is 4.14. The summed E-state index contributed by atoms with van der Waals surface area (Å²) in [5, 5.41) is 19.4. The van der Waals surface area contributed by atoms with Crippen LogP contribution in [0.4, 0.5) is 0 Å². The van der Waals surface area contributed by atoms with Crippen LogP contribution in [0.1, 0.15) is 16.8 Å². The quantitative estimate of drug-likeness (QED) is 0.681. The molecular weight excluding hydrogens is 308 g/mol. The van der Waals surface area contributed by atoms with Gasteiger partial charge in [-0.2, -0.15) is 0 Å². The minimum Gasteiger partial charge on any atom is -0.481 e. The molecule has 7 nitrogen and oxygen atoms in total. The maximum atomic E-state index is 11.6. The topological polar surface area (TPSA) is 117 Å². The number of nitrogens with one attached hydrogen (secondary N) is 1. The van der Waals surface area contributed by atoms with Crippen LogP contribution in [0.5, 0.6) is 0 Å². The molecule has 0 radical (unpaired) electrons. The lowest BCUT2D eigenvalue weighted by Gasteiger charge is -2.12. The number of nitrogens with zero attached hydrogens (tertiary/aromatic N) is 1. The van der Waals surface area contributed by atoms with Crippen molar-refractivity contribution in [3.8, 4) is 0 Å². The van der Waals surface area contributed by atoms with Gasteiger partial charge in [0.05, 0.1) is 12.0 Å². The number of carboxylic acid groups (broad SMARTS) is 2. The van der Waals surface area contributed by atoms with E-state index in [2.05, 4.69) is 26.2 Å². The molecule has 0 aromatic carbocycles. The number of rotatable bonds is 5. The van der Waals surface area contributed by atoms with Crippen molar-refractivity contribution in [3.63, 3.8) is 0 Å². The third kappa shape index (κ3) is 4.13.